The Hall–Kier alpha value is -2.62. The summed E-state index contributed by atoms with van der Waals surface area (Å²) in [5, 5.41) is 11.5. The Morgan fingerprint density at radius 3 is 2.68 bits per heavy atom. The molecular formula is C18H12BrF3N2O4. The lowest BCUT2D eigenvalue weighted by molar-refractivity contribution is -0.384. The van der Waals surface area contributed by atoms with E-state index in [0.29, 0.717) is 12.0 Å². The molecule has 4 rings (SSSR count). The van der Waals surface area contributed by atoms with Crippen molar-refractivity contribution >= 4 is 33.2 Å². The van der Waals surface area contributed by atoms with Crippen LogP contribution in [0.5, 0.6) is 5.75 Å². The van der Waals surface area contributed by atoms with Crippen LogP contribution in [0.3, 0.4) is 0 Å². The van der Waals surface area contributed by atoms with E-state index in [1.54, 1.807) is 12.1 Å². The number of amides is 1. The number of nitro groups is 1. The largest absolute Gasteiger partial charge is 0.434 e. The molecule has 2 aliphatic rings. The quantitative estimate of drug-likeness (QED) is 0.477. The zero-order valence-electron chi connectivity index (χ0n) is 14.0. The first kappa shape index (κ1) is 18.7. The zero-order chi connectivity index (χ0) is 20.2. The average molecular weight is 457 g/mol. The number of alkyl halides is 2. The van der Waals surface area contributed by atoms with Crippen LogP contribution in [0.2, 0.25) is 0 Å². The highest BCUT2D eigenvalue weighted by atomic mass is 79.9. The number of ether oxygens (including phenoxy) is 1. The number of anilines is 1. The molecule has 1 aliphatic heterocycles. The molecule has 0 aromatic heterocycles. The van der Waals surface area contributed by atoms with Gasteiger partial charge in [-0.05, 0) is 40.4 Å². The number of carbonyl (C=O) groups is 1. The van der Waals surface area contributed by atoms with E-state index in [2.05, 4.69) is 20.7 Å². The highest BCUT2D eigenvalue weighted by Gasteiger charge is 2.60. The summed E-state index contributed by atoms with van der Waals surface area (Å²) in [6, 6.07) is 7.21. The molecule has 0 spiro atoms. The van der Waals surface area contributed by atoms with E-state index < -0.39 is 29.1 Å². The van der Waals surface area contributed by atoms with Crippen LogP contribution in [0.25, 0.3) is 0 Å². The summed E-state index contributed by atoms with van der Waals surface area (Å²) in [4.78, 5) is 24.7. The van der Waals surface area contributed by atoms with Crippen molar-refractivity contribution in [3.63, 3.8) is 0 Å². The lowest BCUT2D eigenvalue weighted by Gasteiger charge is -2.29. The van der Waals surface area contributed by atoms with Gasteiger partial charge >= 0.3 is 6.61 Å². The second-order valence-corrected chi connectivity index (χ2v) is 7.44. The first-order valence-electron chi connectivity index (χ1n) is 8.30. The van der Waals surface area contributed by atoms with Crippen molar-refractivity contribution in [2.45, 2.75) is 19.1 Å². The normalized spacial score (nSPS) is 23.1. The molecule has 3 unspecified atom stereocenters. The van der Waals surface area contributed by atoms with Crippen LogP contribution in [0.1, 0.15) is 18.0 Å². The standard InChI is InChI=1S/C18H12BrF3N2O4/c19-11-6-13(14(24(26)27)7-12(11)20)23-16(9-5-10(9)17(23)25)8-3-1-2-4-15(8)28-18(21)22/h1-4,6-7,9-10,16,18H,5H2. The fraction of sp³-hybridized carbons (Fsp3) is 0.278. The van der Waals surface area contributed by atoms with E-state index in [1.165, 1.54) is 23.1 Å². The van der Waals surface area contributed by atoms with Crippen molar-refractivity contribution in [1.29, 1.82) is 0 Å². The third-order valence-electron chi connectivity index (χ3n) is 5.01. The predicted octanol–water partition coefficient (Wildman–Crippen LogP) is 4.82. The molecular weight excluding hydrogens is 445 g/mol. The molecule has 6 nitrogen and oxygen atoms in total. The van der Waals surface area contributed by atoms with E-state index in [1.807, 2.05) is 0 Å². The van der Waals surface area contributed by atoms with Crippen LogP contribution in [-0.2, 0) is 4.79 Å². The van der Waals surface area contributed by atoms with Gasteiger partial charge in [0.1, 0.15) is 17.3 Å². The first-order valence-corrected chi connectivity index (χ1v) is 9.09. The summed E-state index contributed by atoms with van der Waals surface area (Å²) in [5.41, 5.74) is -0.337. The first-order chi connectivity index (χ1) is 13.3. The summed E-state index contributed by atoms with van der Waals surface area (Å²) in [6.07, 6.45) is 0.555. The number of nitro benzene ring substituents is 1. The molecule has 2 aromatic carbocycles. The van der Waals surface area contributed by atoms with Gasteiger partial charge in [0.05, 0.1) is 21.5 Å². The minimum Gasteiger partial charge on any atom is -0.434 e. The van der Waals surface area contributed by atoms with E-state index in [4.69, 9.17) is 0 Å². The molecule has 146 valence electrons. The summed E-state index contributed by atoms with van der Waals surface area (Å²) < 4.78 is 44.0. The van der Waals surface area contributed by atoms with Crippen LogP contribution < -0.4 is 9.64 Å². The molecule has 10 heteroatoms. The van der Waals surface area contributed by atoms with E-state index in [9.17, 15) is 28.1 Å². The van der Waals surface area contributed by atoms with E-state index in [-0.39, 0.29) is 33.7 Å². The monoisotopic (exact) mass is 456 g/mol. The van der Waals surface area contributed by atoms with Crippen LogP contribution in [0.15, 0.2) is 40.9 Å². The highest BCUT2D eigenvalue weighted by molar-refractivity contribution is 9.10. The Bertz CT molecular complexity index is 987. The summed E-state index contributed by atoms with van der Waals surface area (Å²) in [6.45, 7) is -3.06. The Morgan fingerprint density at radius 2 is 2.00 bits per heavy atom. The number of rotatable bonds is 5. The Balaban J connectivity index is 1.86. The molecule has 0 radical (unpaired) electrons. The van der Waals surface area contributed by atoms with Crippen molar-refractivity contribution in [2.24, 2.45) is 11.8 Å². The number of benzene rings is 2. The number of piperidine rings is 1. The van der Waals surface area contributed by atoms with Crippen molar-refractivity contribution in [3.05, 3.63) is 62.4 Å². The third-order valence-corrected chi connectivity index (χ3v) is 5.61. The van der Waals surface area contributed by atoms with Gasteiger partial charge in [-0.3, -0.25) is 19.8 Å². The van der Waals surface area contributed by atoms with Crippen molar-refractivity contribution in [1.82, 2.24) is 0 Å². The Labute approximate surface area is 165 Å². The van der Waals surface area contributed by atoms with Gasteiger partial charge in [-0.25, -0.2) is 4.39 Å². The SMILES string of the molecule is O=C1C2CC2C(c2ccccc2OC(F)F)N1c1cc(Br)c(F)cc1[N+](=O)[O-]. The van der Waals surface area contributed by atoms with Gasteiger partial charge < -0.3 is 4.74 Å². The molecule has 0 bridgehead atoms. The number of nitrogens with zero attached hydrogens (tertiary/aromatic N) is 2. The van der Waals surface area contributed by atoms with Gasteiger partial charge in [-0.1, -0.05) is 18.2 Å². The fourth-order valence-electron chi connectivity index (χ4n) is 3.79. The highest BCUT2D eigenvalue weighted by Crippen LogP contribution is 2.60. The number of fused-ring (bicyclic) bond motifs is 1. The topological polar surface area (TPSA) is 72.7 Å². The van der Waals surface area contributed by atoms with Gasteiger partial charge in [0.15, 0.2) is 0 Å². The fourth-order valence-corrected chi connectivity index (χ4v) is 4.12. The van der Waals surface area contributed by atoms with Crippen molar-refractivity contribution < 1.29 is 27.6 Å². The van der Waals surface area contributed by atoms with Crippen LogP contribution in [0, 0.1) is 27.8 Å². The van der Waals surface area contributed by atoms with E-state index in [0.717, 1.165) is 6.07 Å². The molecule has 1 aliphatic carbocycles. The molecule has 28 heavy (non-hydrogen) atoms. The molecule has 2 fully saturated rings. The van der Waals surface area contributed by atoms with Crippen LogP contribution in [-0.4, -0.2) is 17.4 Å². The maximum absolute atomic E-state index is 13.9. The smallest absolute Gasteiger partial charge is 0.387 e. The lowest BCUT2D eigenvalue weighted by Crippen LogP contribution is -2.32. The van der Waals surface area contributed by atoms with Crippen molar-refractivity contribution in [2.75, 3.05) is 4.90 Å². The van der Waals surface area contributed by atoms with Gasteiger partial charge in [0.25, 0.3) is 5.69 Å². The predicted molar refractivity (Wildman–Crippen MR) is 95.7 cm³/mol. The van der Waals surface area contributed by atoms with Gasteiger partial charge in [-0.2, -0.15) is 8.78 Å². The molecule has 3 atom stereocenters. The van der Waals surface area contributed by atoms with E-state index >= 15 is 0 Å². The summed E-state index contributed by atoms with van der Waals surface area (Å²) in [5.74, 6) is -1.84. The van der Waals surface area contributed by atoms with Crippen LogP contribution >= 0.6 is 15.9 Å². The summed E-state index contributed by atoms with van der Waals surface area (Å²) in [7, 11) is 0. The Morgan fingerprint density at radius 1 is 1.29 bits per heavy atom. The second kappa shape index (κ2) is 6.77. The number of hydrogen-bond donors (Lipinski definition) is 0. The molecule has 2 aromatic rings. The number of para-hydroxylation sites is 1. The number of carbonyl (C=O) groups excluding carboxylic acids is 1. The third kappa shape index (κ3) is 3.01. The molecule has 1 heterocycles. The van der Waals surface area contributed by atoms with Gasteiger partial charge in [-0.15, -0.1) is 0 Å². The molecule has 1 amide bonds. The maximum Gasteiger partial charge on any atom is 0.387 e. The average Bonchev–Trinajstić information content (AvgIpc) is 3.36. The minimum atomic E-state index is -3.06. The summed E-state index contributed by atoms with van der Waals surface area (Å²) >= 11 is 2.99. The Kier molecular flexibility index (Phi) is 4.53. The van der Waals surface area contributed by atoms with Crippen LogP contribution in [0.4, 0.5) is 24.5 Å². The second-order valence-electron chi connectivity index (χ2n) is 6.59. The molecule has 1 saturated carbocycles. The lowest BCUT2D eigenvalue weighted by atomic mass is 10.0. The molecule has 0 N–H and O–H groups in total. The minimum absolute atomic E-state index is 0.0441. The van der Waals surface area contributed by atoms with Crippen molar-refractivity contribution in [3.8, 4) is 5.75 Å². The zero-order valence-corrected chi connectivity index (χ0v) is 15.6. The van der Waals surface area contributed by atoms with Gasteiger partial charge in [0, 0.05) is 11.5 Å². The maximum atomic E-state index is 13.9. The number of halogens is 4. The van der Waals surface area contributed by atoms with Gasteiger partial charge in [0.2, 0.25) is 5.91 Å². The molecule has 1 saturated heterocycles. The number of hydrogen-bond acceptors (Lipinski definition) is 4.